The van der Waals surface area contributed by atoms with E-state index < -0.39 is 4.92 Å². The van der Waals surface area contributed by atoms with E-state index in [1.165, 1.54) is 38.1 Å². The van der Waals surface area contributed by atoms with Crippen molar-refractivity contribution in [2.45, 2.75) is 45.6 Å². The molecule has 3 rings (SSSR count). The summed E-state index contributed by atoms with van der Waals surface area (Å²) >= 11 is 0. The van der Waals surface area contributed by atoms with Crippen molar-refractivity contribution in [2.24, 2.45) is 11.3 Å². The van der Waals surface area contributed by atoms with Gasteiger partial charge < -0.3 is 4.90 Å². The van der Waals surface area contributed by atoms with Gasteiger partial charge >= 0.3 is 5.69 Å². The highest BCUT2D eigenvalue weighted by atomic mass is 16.6. The average molecular weight is 276 g/mol. The smallest absolute Gasteiger partial charge is 0.305 e. The van der Waals surface area contributed by atoms with Gasteiger partial charge in [0.2, 0.25) is 5.95 Å². The highest BCUT2D eigenvalue weighted by molar-refractivity contribution is 5.42. The van der Waals surface area contributed by atoms with Crippen LogP contribution in [-0.2, 0) is 0 Å². The van der Waals surface area contributed by atoms with Gasteiger partial charge in [-0.1, -0.05) is 26.7 Å². The maximum absolute atomic E-state index is 10.7. The van der Waals surface area contributed by atoms with Gasteiger partial charge in [-0.05, 0) is 18.8 Å². The third-order valence-electron chi connectivity index (χ3n) is 4.77. The highest BCUT2D eigenvalue weighted by Crippen LogP contribution is 2.53. The van der Waals surface area contributed by atoms with Crippen LogP contribution in [0.2, 0.25) is 0 Å². The highest BCUT2D eigenvalue weighted by Gasteiger charge is 2.55. The van der Waals surface area contributed by atoms with Crippen LogP contribution in [0.4, 0.5) is 11.6 Å². The summed E-state index contributed by atoms with van der Waals surface area (Å²) in [6, 6.07) is 0.464. The summed E-state index contributed by atoms with van der Waals surface area (Å²) in [5.74, 6) is 1.17. The Morgan fingerprint density at radius 3 is 2.45 bits per heavy atom. The van der Waals surface area contributed by atoms with Crippen LogP contribution in [0.5, 0.6) is 0 Å². The van der Waals surface area contributed by atoms with Gasteiger partial charge in [-0.15, -0.1) is 0 Å². The van der Waals surface area contributed by atoms with Crippen LogP contribution in [0.3, 0.4) is 0 Å². The molecule has 0 amide bonds. The number of aromatic nitrogens is 2. The van der Waals surface area contributed by atoms with Gasteiger partial charge in [0.25, 0.3) is 0 Å². The average Bonchev–Trinajstić information content (AvgIpc) is 2.86. The molecule has 108 valence electrons. The van der Waals surface area contributed by atoms with Crippen molar-refractivity contribution in [1.82, 2.24) is 9.97 Å². The second-order valence-corrected chi connectivity index (χ2v) is 6.38. The molecule has 0 radical (unpaired) electrons. The van der Waals surface area contributed by atoms with Gasteiger partial charge in [0.1, 0.15) is 12.4 Å². The summed E-state index contributed by atoms with van der Waals surface area (Å²) < 4.78 is 0. The lowest BCUT2D eigenvalue weighted by molar-refractivity contribution is -0.385. The molecule has 1 aromatic heterocycles. The molecule has 2 heterocycles. The minimum absolute atomic E-state index is 0.0500. The summed E-state index contributed by atoms with van der Waals surface area (Å²) in [5, 5.41) is 10.7. The molecule has 0 aromatic carbocycles. The summed E-state index contributed by atoms with van der Waals surface area (Å²) in [6.07, 6.45) is 7.83. The first-order valence-corrected chi connectivity index (χ1v) is 7.27. The van der Waals surface area contributed by atoms with Gasteiger partial charge in [-0.2, -0.15) is 0 Å². The molecule has 1 saturated heterocycles. The molecule has 1 aliphatic carbocycles. The Morgan fingerprint density at radius 2 is 1.95 bits per heavy atom. The number of nitro groups is 1. The van der Waals surface area contributed by atoms with E-state index in [0.29, 0.717) is 23.3 Å². The lowest BCUT2D eigenvalue weighted by Gasteiger charge is -2.58. The minimum Gasteiger partial charge on any atom is -0.336 e. The van der Waals surface area contributed by atoms with Gasteiger partial charge in [-0.25, -0.2) is 9.97 Å². The summed E-state index contributed by atoms with van der Waals surface area (Å²) in [6.45, 7) is 5.47. The molecule has 0 N–H and O–H groups in total. The molecule has 1 saturated carbocycles. The molecule has 2 aliphatic rings. The van der Waals surface area contributed by atoms with E-state index in [2.05, 4.69) is 28.7 Å². The first-order valence-electron chi connectivity index (χ1n) is 7.27. The third kappa shape index (κ3) is 1.94. The van der Waals surface area contributed by atoms with Crippen molar-refractivity contribution in [2.75, 3.05) is 11.4 Å². The number of nitrogens with zero attached hydrogens (tertiary/aromatic N) is 4. The molecule has 6 heteroatoms. The van der Waals surface area contributed by atoms with E-state index in [4.69, 9.17) is 0 Å². The van der Waals surface area contributed by atoms with Gasteiger partial charge in [-0.3, -0.25) is 10.1 Å². The summed E-state index contributed by atoms with van der Waals surface area (Å²) in [7, 11) is 0. The van der Waals surface area contributed by atoms with Gasteiger partial charge in [0.15, 0.2) is 0 Å². The van der Waals surface area contributed by atoms with Crippen LogP contribution in [0.1, 0.15) is 39.5 Å². The van der Waals surface area contributed by atoms with Crippen LogP contribution in [-0.4, -0.2) is 27.5 Å². The molecule has 2 fully saturated rings. The van der Waals surface area contributed by atoms with Crippen molar-refractivity contribution in [3.63, 3.8) is 0 Å². The fourth-order valence-corrected chi connectivity index (χ4v) is 4.10. The second-order valence-electron chi connectivity index (χ2n) is 6.38. The molecule has 1 aliphatic heterocycles. The Labute approximate surface area is 118 Å². The lowest BCUT2D eigenvalue weighted by Crippen LogP contribution is -2.66. The van der Waals surface area contributed by atoms with E-state index >= 15 is 0 Å². The maximum atomic E-state index is 10.7. The molecular formula is C14H20N4O2. The van der Waals surface area contributed by atoms with Crippen LogP contribution in [0.25, 0.3) is 0 Å². The van der Waals surface area contributed by atoms with Gasteiger partial charge in [0.05, 0.1) is 4.92 Å². The largest absolute Gasteiger partial charge is 0.336 e. The van der Waals surface area contributed by atoms with Crippen molar-refractivity contribution in [1.29, 1.82) is 0 Å². The fourth-order valence-electron chi connectivity index (χ4n) is 4.10. The summed E-state index contributed by atoms with van der Waals surface area (Å²) in [4.78, 5) is 20.8. The lowest BCUT2D eigenvalue weighted by atomic mass is 9.66. The van der Waals surface area contributed by atoms with E-state index in [0.717, 1.165) is 6.54 Å². The van der Waals surface area contributed by atoms with E-state index in [1.807, 2.05) is 0 Å². The van der Waals surface area contributed by atoms with Crippen molar-refractivity contribution >= 4 is 11.6 Å². The number of anilines is 1. The standard InChI is InChI=1S/C14H20N4O2/c1-10(2)12-14(5-3-4-6-14)9-17(12)13-15-7-11(8-16-13)18(19)20/h7-8,10,12H,3-6,9H2,1-2H3/t12-/m1/s1. The van der Waals surface area contributed by atoms with Crippen LogP contribution in [0, 0.1) is 21.4 Å². The van der Waals surface area contributed by atoms with Crippen molar-refractivity contribution < 1.29 is 4.92 Å². The minimum atomic E-state index is -0.460. The predicted octanol–water partition coefficient (Wildman–Crippen LogP) is 2.79. The number of hydrogen-bond acceptors (Lipinski definition) is 5. The maximum Gasteiger partial charge on any atom is 0.305 e. The predicted molar refractivity (Wildman–Crippen MR) is 75.6 cm³/mol. The van der Waals surface area contributed by atoms with E-state index in [1.54, 1.807) is 0 Å². The zero-order valence-corrected chi connectivity index (χ0v) is 12.0. The molecular weight excluding hydrogens is 256 g/mol. The Balaban J connectivity index is 1.82. The first kappa shape index (κ1) is 13.3. The first-order chi connectivity index (χ1) is 9.53. The molecule has 0 bridgehead atoms. The normalized spacial score (nSPS) is 24.1. The zero-order valence-electron chi connectivity index (χ0n) is 12.0. The van der Waals surface area contributed by atoms with E-state index in [9.17, 15) is 10.1 Å². The van der Waals surface area contributed by atoms with Gasteiger partial charge in [0, 0.05) is 18.0 Å². The van der Waals surface area contributed by atoms with Crippen molar-refractivity contribution in [3.05, 3.63) is 22.5 Å². The SMILES string of the molecule is CC(C)[C@H]1N(c2ncc([N+](=O)[O-])cn2)CC12CCCC2. The topological polar surface area (TPSA) is 72.2 Å². The molecule has 1 aromatic rings. The fraction of sp³-hybridized carbons (Fsp3) is 0.714. The number of hydrogen-bond donors (Lipinski definition) is 0. The zero-order chi connectivity index (χ0) is 14.3. The Bertz CT molecular complexity index is 508. The summed E-state index contributed by atoms with van der Waals surface area (Å²) in [5.41, 5.74) is 0.380. The Kier molecular flexibility index (Phi) is 3.11. The second kappa shape index (κ2) is 4.68. The molecule has 0 unspecified atom stereocenters. The van der Waals surface area contributed by atoms with Crippen molar-refractivity contribution in [3.8, 4) is 0 Å². The monoisotopic (exact) mass is 276 g/mol. The number of rotatable bonds is 3. The third-order valence-corrected chi connectivity index (χ3v) is 4.77. The van der Waals surface area contributed by atoms with Crippen LogP contribution in [0.15, 0.2) is 12.4 Å². The molecule has 20 heavy (non-hydrogen) atoms. The molecule has 6 nitrogen and oxygen atoms in total. The molecule has 1 atom stereocenters. The Morgan fingerprint density at radius 1 is 1.35 bits per heavy atom. The van der Waals surface area contributed by atoms with E-state index in [-0.39, 0.29) is 5.69 Å². The Hall–Kier alpha value is -1.72. The van der Waals surface area contributed by atoms with Crippen LogP contribution < -0.4 is 4.90 Å². The quantitative estimate of drug-likeness (QED) is 0.627. The molecule has 1 spiro atoms. The van der Waals surface area contributed by atoms with Crippen LogP contribution >= 0.6 is 0 Å².